The van der Waals surface area contributed by atoms with Crippen molar-refractivity contribution in [3.05, 3.63) is 5.21 Å². The van der Waals surface area contributed by atoms with Gasteiger partial charge in [0, 0.05) is 6.42 Å². The van der Waals surface area contributed by atoms with Crippen molar-refractivity contribution >= 4 is 12.4 Å². The first-order valence-corrected chi connectivity index (χ1v) is 2.22. The molecular formula is C4H6N2O. The lowest BCUT2D eigenvalue weighted by Crippen LogP contribution is -2.01. The maximum Gasteiger partial charge on any atom is 0.187 e. The molecule has 1 heterocycles. The Morgan fingerprint density at radius 3 is 2.71 bits per heavy atom. The quantitative estimate of drug-likeness (QED) is 0.318. The van der Waals surface area contributed by atoms with Crippen LogP contribution in [0, 0.1) is 5.21 Å². The lowest BCUT2D eigenvalue weighted by Gasteiger charge is -1.95. The van der Waals surface area contributed by atoms with Crippen molar-refractivity contribution in [1.82, 2.24) is 0 Å². The van der Waals surface area contributed by atoms with E-state index < -0.39 is 0 Å². The third-order valence-electron chi connectivity index (χ3n) is 0.777. The minimum atomic E-state index is 0.587. The van der Waals surface area contributed by atoms with Crippen LogP contribution >= 0.6 is 0 Å². The third kappa shape index (κ3) is 0.994. The van der Waals surface area contributed by atoms with Crippen LogP contribution in [0.1, 0.15) is 12.8 Å². The van der Waals surface area contributed by atoms with E-state index in [1.807, 2.05) is 0 Å². The summed E-state index contributed by atoms with van der Waals surface area (Å²) in [6, 6.07) is 0. The third-order valence-corrected chi connectivity index (χ3v) is 0.777. The Bertz CT molecular complexity index is 117. The Labute approximate surface area is 41.5 Å². The van der Waals surface area contributed by atoms with Gasteiger partial charge in [0.15, 0.2) is 6.21 Å². The highest BCUT2D eigenvalue weighted by Crippen LogP contribution is 1.87. The van der Waals surface area contributed by atoms with Crippen LogP contribution in [0.25, 0.3) is 0 Å². The fraction of sp³-hybridized carbons (Fsp3) is 0.500. The first-order valence-electron chi connectivity index (χ1n) is 2.22. The monoisotopic (exact) mass is 98.0 g/mol. The van der Waals surface area contributed by atoms with Crippen LogP contribution in [0.15, 0.2) is 5.10 Å². The van der Waals surface area contributed by atoms with Crippen LogP contribution in [-0.2, 0) is 0 Å². The average molecular weight is 98.1 g/mol. The summed E-state index contributed by atoms with van der Waals surface area (Å²) in [6.07, 6.45) is 4.86. The molecule has 38 valence electrons. The topological polar surface area (TPSA) is 38.4 Å². The van der Waals surface area contributed by atoms with Gasteiger partial charge in [0.2, 0.25) is 0 Å². The van der Waals surface area contributed by atoms with E-state index in [1.165, 1.54) is 6.21 Å². The van der Waals surface area contributed by atoms with Gasteiger partial charge in [-0.15, -0.1) is 0 Å². The molecule has 0 saturated heterocycles. The predicted molar refractivity (Wildman–Crippen MR) is 27.4 cm³/mol. The number of rotatable bonds is 0. The Morgan fingerprint density at radius 2 is 2.43 bits per heavy atom. The fourth-order valence-electron chi connectivity index (χ4n) is 0.445. The van der Waals surface area contributed by atoms with Crippen molar-refractivity contribution in [3.8, 4) is 0 Å². The zero-order chi connectivity index (χ0) is 5.11. The molecule has 0 atom stereocenters. The summed E-state index contributed by atoms with van der Waals surface area (Å²) in [5.74, 6) is 0. The van der Waals surface area contributed by atoms with Crippen molar-refractivity contribution in [2.24, 2.45) is 5.10 Å². The molecule has 0 bridgehead atoms. The van der Waals surface area contributed by atoms with Crippen molar-refractivity contribution < 1.29 is 4.85 Å². The van der Waals surface area contributed by atoms with Crippen LogP contribution < -0.4 is 0 Å². The van der Waals surface area contributed by atoms with E-state index in [4.69, 9.17) is 0 Å². The molecular weight excluding hydrogens is 92.1 g/mol. The first kappa shape index (κ1) is 4.30. The molecule has 0 amide bonds. The SMILES string of the molecule is [O-][N+]1=CCCC=N1. The van der Waals surface area contributed by atoms with Crippen LogP contribution in [0.5, 0.6) is 0 Å². The molecule has 1 aliphatic rings. The summed E-state index contributed by atoms with van der Waals surface area (Å²) in [7, 11) is 0. The van der Waals surface area contributed by atoms with Crippen LogP contribution in [0.3, 0.4) is 0 Å². The van der Waals surface area contributed by atoms with Crippen LogP contribution in [0.2, 0.25) is 0 Å². The normalized spacial score (nSPS) is 19.1. The van der Waals surface area contributed by atoms with Gasteiger partial charge in [0.1, 0.15) is 0 Å². The molecule has 7 heavy (non-hydrogen) atoms. The Balaban J connectivity index is 2.58. The molecule has 1 rings (SSSR count). The van der Waals surface area contributed by atoms with E-state index in [0.29, 0.717) is 4.85 Å². The van der Waals surface area contributed by atoms with Gasteiger partial charge in [0.05, 0.1) is 6.21 Å². The molecule has 0 aromatic carbocycles. The minimum absolute atomic E-state index is 0.587. The van der Waals surface area contributed by atoms with Gasteiger partial charge in [-0.3, -0.25) is 0 Å². The minimum Gasteiger partial charge on any atom is -0.595 e. The van der Waals surface area contributed by atoms with Gasteiger partial charge < -0.3 is 5.21 Å². The molecule has 1 aliphatic heterocycles. The van der Waals surface area contributed by atoms with Crippen molar-refractivity contribution in [2.75, 3.05) is 0 Å². The average Bonchev–Trinajstić information content (AvgIpc) is 1.69. The molecule has 0 aromatic heterocycles. The zero-order valence-corrected chi connectivity index (χ0v) is 3.87. The van der Waals surface area contributed by atoms with Gasteiger partial charge in [0.25, 0.3) is 0 Å². The second kappa shape index (κ2) is 1.73. The van der Waals surface area contributed by atoms with Crippen molar-refractivity contribution in [3.63, 3.8) is 0 Å². The molecule has 3 heteroatoms. The Hall–Kier alpha value is -0.860. The van der Waals surface area contributed by atoms with Gasteiger partial charge >= 0.3 is 0 Å². The maximum absolute atomic E-state index is 10.1. The van der Waals surface area contributed by atoms with E-state index in [2.05, 4.69) is 5.10 Å². The molecule has 0 N–H and O–H groups in total. The van der Waals surface area contributed by atoms with Crippen molar-refractivity contribution in [2.45, 2.75) is 12.8 Å². The molecule has 0 spiro atoms. The van der Waals surface area contributed by atoms with Crippen molar-refractivity contribution in [1.29, 1.82) is 0 Å². The number of hydrogen-bond acceptors (Lipinski definition) is 2. The smallest absolute Gasteiger partial charge is 0.187 e. The number of hydrogen-bond donors (Lipinski definition) is 0. The van der Waals surface area contributed by atoms with E-state index in [1.54, 1.807) is 6.21 Å². The Morgan fingerprint density at radius 1 is 1.57 bits per heavy atom. The van der Waals surface area contributed by atoms with Gasteiger partial charge in [-0.05, 0) is 11.5 Å². The standard InChI is InChI=1S/C4H6N2O/c7-6-4-2-1-3-5-6/h3-4H,1-2H2. The summed E-state index contributed by atoms with van der Waals surface area (Å²) in [5, 5.41) is 13.6. The summed E-state index contributed by atoms with van der Waals surface area (Å²) in [4.78, 5) is 0.587. The Kier molecular flexibility index (Phi) is 1.06. The molecule has 0 fully saturated rings. The number of hydrazone groups is 1. The molecule has 0 saturated carbocycles. The fourth-order valence-corrected chi connectivity index (χ4v) is 0.445. The predicted octanol–water partition coefficient (Wildman–Crippen LogP) is 0.347. The lowest BCUT2D eigenvalue weighted by molar-refractivity contribution is -0.459. The molecule has 0 aromatic rings. The highest BCUT2D eigenvalue weighted by molar-refractivity contribution is 5.65. The zero-order valence-electron chi connectivity index (χ0n) is 3.87. The second-order valence-electron chi connectivity index (χ2n) is 1.36. The highest BCUT2D eigenvalue weighted by atomic mass is 16.5. The summed E-state index contributed by atoms with van der Waals surface area (Å²) in [5.41, 5.74) is 0. The van der Waals surface area contributed by atoms with Gasteiger partial charge in [-0.2, -0.15) is 0 Å². The van der Waals surface area contributed by atoms with E-state index in [9.17, 15) is 5.21 Å². The van der Waals surface area contributed by atoms with Gasteiger partial charge in [-0.25, -0.2) is 0 Å². The first-order chi connectivity index (χ1) is 3.39. The molecule has 3 nitrogen and oxygen atoms in total. The second-order valence-corrected chi connectivity index (χ2v) is 1.36. The number of nitrogens with zero attached hydrogens (tertiary/aromatic N) is 2. The molecule has 0 unspecified atom stereocenters. The molecule has 0 radical (unpaired) electrons. The highest BCUT2D eigenvalue weighted by Gasteiger charge is 1.92. The molecule has 0 aliphatic carbocycles. The lowest BCUT2D eigenvalue weighted by atomic mass is 10.3. The maximum atomic E-state index is 10.1. The van der Waals surface area contributed by atoms with E-state index >= 15 is 0 Å². The largest absolute Gasteiger partial charge is 0.595 e. The van der Waals surface area contributed by atoms with Crippen LogP contribution in [0.4, 0.5) is 0 Å². The van der Waals surface area contributed by atoms with Crippen LogP contribution in [-0.4, -0.2) is 17.3 Å². The van der Waals surface area contributed by atoms with E-state index in [0.717, 1.165) is 12.8 Å². The summed E-state index contributed by atoms with van der Waals surface area (Å²) in [6.45, 7) is 0. The van der Waals surface area contributed by atoms with E-state index in [-0.39, 0.29) is 0 Å². The summed E-state index contributed by atoms with van der Waals surface area (Å²) < 4.78 is 0. The van der Waals surface area contributed by atoms with Gasteiger partial charge in [-0.1, -0.05) is 4.85 Å². The summed E-state index contributed by atoms with van der Waals surface area (Å²) >= 11 is 0.